The highest BCUT2D eigenvalue weighted by molar-refractivity contribution is 7.89. The molecule has 2 N–H and O–H groups in total. The number of aryl methyl sites for hydroxylation is 1. The predicted octanol–water partition coefficient (Wildman–Crippen LogP) is 3.76. The van der Waals surface area contributed by atoms with Crippen LogP contribution in [0.15, 0.2) is 83.8 Å². The van der Waals surface area contributed by atoms with E-state index in [2.05, 4.69) is 4.72 Å². The summed E-state index contributed by atoms with van der Waals surface area (Å²) < 4.78 is 33.3. The number of ether oxygens (including phenoxy) is 1. The van der Waals surface area contributed by atoms with Gasteiger partial charge in [-0.15, -0.1) is 0 Å². The van der Waals surface area contributed by atoms with E-state index in [1.54, 1.807) is 24.3 Å². The number of hydrogen-bond donors (Lipinski definition) is 2. The number of rotatable bonds is 8. The fourth-order valence-corrected chi connectivity index (χ4v) is 3.96. The van der Waals surface area contributed by atoms with Gasteiger partial charge in [-0.05, 0) is 54.8 Å². The van der Waals surface area contributed by atoms with E-state index in [0.717, 1.165) is 11.1 Å². The Morgan fingerprint density at radius 2 is 1.59 bits per heavy atom. The van der Waals surface area contributed by atoms with Gasteiger partial charge < -0.3 is 9.84 Å². The standard InChI is InChI=1S/C22H21NO5S/c1-16-7-5-6-10-21(16)28-18-11-13-19(14-12-18)29(26,27)23-20(22(24)25)15-17-8-3-2-4-9-17/h2-14,20,23H,15H2,1H3,(H,24,25)/t20-/m1/s1. The Bertz CT molecular complexity index is 1080. The van der Waals surface area contributed by atoms with Crippen LogP contribution in [0.4, 0.5) is 0 Å². The van der Waals surface area contributed by atoms with Crippen LogP contribution in [0.5, 0.6) is 11.5 Å². The van der Waals surface area contributed by atoms with Gasteiger partial charge in [-0.2, -0.15) is 4.72 Å². The van der Waals surface area contributed by atoms with E-state index in [9.17, 15) is 18.3 Å². The van der Waals surface area contributed by atoms with Crippen LogP contribution in [0, 0.1) is 6.92 Å². The molecule has 3 rings (SSSR count). The second-order valence-electron chi connectivity index (χ2n) is 6.54. The molecule has 1 atom stereocenters. The monoisotopic (exact) mass is 411 g/mol. The number of nitrogens with one attached hydrogen (secondary N) is 1. The molecule has 6 nitrogen and oxygen atoms in total. The Hall–Kier alpha value is -3.16. The number of carboxylic acids is 1. The summed E-state index contributed by atoms with van der Waals surface area (Å²) in [6.07, 6.45) is 0.0455. The Kier molecular flexibility index (Phi) is 6.31. The molecule has 150 valence electrons. The number of carbonyl (C=O) groups is 1. The van der Waals surface area contributed by atoms with E-state index in [1.165, 1.54) is 24.3 Å². The molecule has 3 aromatic rings. The SMILES string of the molecule is Cc1ccccc1Oc1ccc(S(=O)(=O)N[C@H](Cc2ccccc2)C(=O)O)cc1. The molecule has 0 saturated heterocycles. The van der Waals surface area contributed by atoms with Gasteiger partial charge in [0, 0.05) is 0 Å². The summed E-state index contributed by atoms with van der Waals surface area (Å²) in [5.74, 6) is -0.0794. The van der Waals surface area contributed by atoms with Crippen LogP contribution in [0.2, 0.25) is 0 Å². The lowest BCUT2D eigenvalue weighted by Crippen LogP contribution is -2.42. The second kappa shape index (κ2) is 8.89. The van der Waals surface area contributed by atoms with Crippen LogP contribution in [-0.2, 0) is 21.2 Å². The fourth-order valence-electron chi connectivity index (χ4n) is 2.77. The summed E-state index contributed by atoms with van der Waals surface area (Å²) in [7, 11) is -4.01. The molecule has 0 aliphatic heterocycles. The summed E-state index contributed by atoms with van der Waals surface area (Å²) >= 11 is 0. The third-order valence-corrected chi connectivity index (χ3v) is 5.82. The van der Waals surface area contributed by atoms with Crippen molar-refractivity contribution in [2.45, 2.75) is 24.3 Å². The molecule has 0 heterocycles. The number of para-hydroxylation sites is 1. The van der Waals surface area contributed by atoms with Gasteiger partial charge in [-0.1, -0.05) is 48.5 Å². The summed E-state index contributed by atoms with van der Waals surface area (Å²) in [5, 5.41) is 9.43. The average molecular weight is 411 g/mol. The normalized spacial score (nSPS) is 12.3. The van der Waals surface area contributed by atoms with Gasteiger partial charge in [0.1, 0.15) is 17.5 Å². The number of carboxylic acid groups (broad SMARTS) is 1. The minimum absolute atomic E-state index is 0.0334. The lowest BCUT2D eigenvalue weighted by Gasteiger charge is -2.15. The van der Waals surface area contributed by atoms with Crippen molar-refractivity contribution >= 4 is 16.0 Å². The van der Waals surface area contributed by atoms with Gasteiger partial charge >= 0.3 is 5.97 Å². The topological polar surface area (TPSA) is 92.7 Å². The smallest absolute Gasteiger partial charge is 0.322 e. The molecule has 0 aromatic heterocycles. The highest BCUT2D eigenvalue weighted by Gasteiger charge is 2.25. The maximum absolute atomic E-state index is 12.6. The van der Waals surface area contributed by atoms with E-state index in [1.807, 2.05) is 37.3 Å². The van der Waals surface area contributed by atoms with Crippen LogP contribution < -0.4 is 9.46 Å². The Labute approximate surface area is 169 Å². The molecule has 0 aliphatic carbocycles. The fraction of sp³-hybridized carbons (Fsp3) is 0.136. The van der Waals surface area contributed by atoms with Crippen molar-refractivity contribution in [2.24, 2.45) is 0 Å². The number of hydrogen-bond acceptors (Lipinski definition) is 4. The first-order valence-electron chi connectivity index (χ1n) is 8.98. The molecule has 0 radical (unpaired) electrons. The summed E-state index contributed by atoms with van der Waals surface area (Å²) in [6.45, 7) is 1.91. The Morgan fingerprint density at radius 1 is 0.966 bits per heavy atom. The van der Waals surface area contributed by atoms with E-state index < -0.39 is 22.0 Å². The first kappa shape index (κ1) is 20.6. The first-order valence-corrected chi connectivity index (χ1v) is 10.5. The zero-order valence-electron chi connectivity index (χ0n) is 15.8. The van der Waals surface area contributed by atoms with Crippen LogP contribution in [0.3, 0.4) is 0 Å². The number of aliphatic carboxylic acids is 1. The molecule has 0 fully saturated rings. The van der Waals surface area contributed by atoms with Crippen molar-refractivity contribution in [3.63, 3.8) is 0 Å². The molecule has 29 heavy (non-hydrogen) atoms. The van der Waals surface area contributed by atoms with Crippen LogP contribution in [-0.4, -0.2) is 25.5 Å². The average Bonchev–Trinajstić information content (AvgIpc) is 2.70. The molecule has 0 spiro atoms. The van der Waals surface area contributed by atoms with Gasteiger partial charge in [-0.3, -0.25) is 4.79 Å². The molecule has 0 amide bonds. The summed E-state index contributed by atoms with van der Waals surface area (Å²) in [6, 6.07) is 20.9. The molecule has 0 bridgehead atoms. The maximum atomic E-state index is 12.6. The van der Waals surface area contributed by atoms with Crippen molar-refractivity contribution in [1.29, 1.82) is 0 Å². The van der Waals surface area contributed by atoms with Crippen LogP contribution in [0.25, 0.3) is 0 Å². The van der Waals surface area contributed by atoms with Crippen LogP contribution in [0.1, 0.15) is 11.1 Å². The van der Waals surface area contributed by atoms with Crippen molar-refractivity contribution in [3.8, 4) is 11.5 Å². The molecule has 3 aromatic carbocycles. The third kappa shape index (κ3) is 5.43. The Morgan fingerprint density at radius 3 is 2.21 bits per heavy atom. The summed E-state index contributed by atoms with van der Waals surface area (Å²) in [5.41, 5.74) is 1.68. The molecule has 0 aliphatic rings. The minimum Gasteiger partial charge on any atom is -0.480 e. The lowest BCUT2D eigenvalue weighted by atomic mass is 10.1. The highest BCUT2D eigenvalue weighted by atomic mass is 32.2. The minimum atomic E-state index is -4.01. The van der Waals surface area contributed by atoms with Crippen molar-refractivity contribution in [1.82, 2.24) is 4.72 Å². The van der Waals surface area contributed by atoms with Crippen LogP contribution >= 0.6 is 0 Å². The number of benzene rings is 3. The third-order valence-electron chi connectivity index (χ3n) is 4.33. The lowest BCUT2D eigenvalue weighted by molar-refractivity contribution is -0.138. The van der Waals surface area contributed by atoms with E-state index >= 15 is 0 Å². The van der Waals surface area contributed by atoms with Gasteiger partial charge in [0.2, 0.25) is 10.0 Å². The molecule has 7 heteroatoms. The summed E-state index contributed by atoms with van der Waals surface area (Å²) in [4.78, 5) is 11.5. The molecular weight excluding hydrogens is 390 g/mol. The maximum Gasteiger partial charge on any atom is 0.322 e. The van der Waals surface area contributed by atoms with Crippen molar-refractivity contribution < 1.29 is 23.1 Å². The van der Waals surface area contributed by atoms with E-state index in [0.29, 0.717) is 11.5 Å². The van der Waals surface area contributed by atoms with Gasteiger partial charge in [-0.25, -0.2) is 8.42 Å². The Balaban J connectivity index is 1.74. The van der Waals surface area contributed by atoms with E-state index in [4.69, 9.17) is 4.74 Å². The van der Waals surface area contributed by atoms with Gasteiger partial charge in [0.25, 0.3) is 0 Å². The molecule has 0 unspecified atom stereocenters. The largest absolute Gasteiger partial charge is 0.480 e. The van der Waals surface area contributed by atoms with E-state index in [-0.39, 0.29) is 11.3 Å². The van der Waals surface area contributed by atoms with Gasteiger partial charge in [0.05, 0.1) is 4.90 Å². The predicted molar refractivity (Wildman–Crippen MR) is 110 cm³/mol. The van der Waals surface area contributed by atoms with Crippen molar-refractivity contribution in [2.75, 3.05) is 0 Å². The zero-order chi connectivity index (χ0) is 20.9. The molecular formula is C22H21NO5S. The first-order chi connectivity index (χ1) is 13.8. The quantitative estimate of drug-likeness (QED) is 0.589. The second-order valence-corrected chi connectivity index (χ2v) is 8.25. The molecule has 0 saturated carbocycles. The zero-order valence-corrected chi connectivity index (χ0v) is 16.6. The highest BCUT2D eigenvalue weighted by Crippen LogP contribution is 2.25. The van der Waals surface area contributed by atoms with Crippen molar-refractivity contribution in [3.05, 3.63) is 90.0 Å². The van der Waals surface area contributed by atoms with Gasteiger partial charge in [0.15, 0.2) is 0 Å². The number of sulfonamides is 1.